The molecule has 0 spiro atoms. The normalized spacial score (nSPS) is 6.67. The fourth-order valence-electron chi connectivity index (χ4n) is 0.129. The zero-order valence-electron chi connectivity index (χ0n) is 3.13. The summed E-state index contributed by atoms with van der Waals surface area (Å²) in [6.07, 6.45) is 1.33. The molecule has 0 unspecified atom stereocenters. The SMILES string of the molecule is [Zn].c1nn[nH]n1. The molecule has 0 bridgehead atoms. The van der Waals surface area contributed by atoms with Crippen molar-refractivity contribution in [3.05, 3.63) is 6.33 Å². The smallest absolute Gasteiger partial charge is 0.161 e. The second-order valence-electron chi connectivity index (χ2n) is 0.560. The monoisotopic (exact) mass is 134 g/mol. The molecular formula is CH2N4Zn. The Bertz CT molecular complexity index is 64.0. The van der Waals surface area contributed by atoms with Gasteiger partial charge >= 0.3 is 0 Å². The predicted molar refractivity (Wildman–Crippen MR) is 14.2 cm³/mol. The third-order valence-electron chi connectivity index (χ3n) is 0.270. The second kappa shape index (κ2) is 2.91. The molecule has 4 nitrogen and oxygen atoms in total. The van der Waals surface area contributed by atoms with E-state index in [9.17, 15) is 0 Å². The molecule has 0 aliphatic rings. The minimum Gasteiger partial charge on any atom is -0.177 e. The van der Waals surface area contributed by atoms with Crippen LogP contribution in [0.5, 0.6) is 0 Å². The van der Waals surface area contributed by atoms with Crippen LogP contribution in [0.3, 0.4) is 0 Å². The second-order valence-corrected chi connectivity index (χ2v) is 0.560. The van der Waals surface area contributed by atoms with Crippen molar-refractivity contribution < 1.29 is 19.5 Å². The Morgan fingerprint density at radius 1 is 1.50 bits per heavy atom. The minimum absolute atomic E-state index is 0. The summed E-state index contributed by atoms with van der Waals surface area (Å²) in [4.78, 5) is 0. The number of aromatic amines is 1. The summed E-state index contributed by atoms with van der Waals surface area (Å²) in [6.45, 7) is 0. The van der Waals surface area contributed by atoms with Crippen molar-refractivity contribution in [1.29, 1.82) is 0 Å². The van der Waals surface area contributed by atoms with Crippen LogP contribution in [0.25, 0.3) is 0 Å². The van der Waals surface area contributed by atoms with Gasteiger partial charge < -0.3 is 0 Å². The zero-order valence-corrected chi connectivity index (χ0v) is 6.09. The van der Waals surface area contributed by atoms with Crippen molar-refractivity contribution >= 4 is 0 Å². The maximum absolute atomic E-state index is 3.38. The molecule has 0 saturated carbocycles. The Balaban J connectivity index is 0.000000250. The molecule has 0 aliphatic carbocycles. The first-order valence-corrected chi connectivity index (χ1v) is 1.16. The number of hydrogen-bond acceptors (Lipinski definition) is 3. The first-order chi connectivity index (χ1) is 2.50. The number of tetrazole rings is 1. The third kappa shape index (κ3) is 1.22. The van der Waals surface area contributed by atoms with Crippen LogP contribution in [0.4, 0.5) is 0 Å². The van der Waals surface area contributed by atoms with E-state index in [0.29, 0.717) is 0 Å². The summed E-state index contributed by atoms with van der Waals surface area (Å²) < 4.78 is 0. The maximum atomic E-state index is 3.38. The van der Waals surface area contributed by atoms with Crippen LogP contribution in [-0.2, 0) is 19.5 Å². The average Bonchev–Trinajstić information content (AvgIpc) is 1.76. The van der Waals surface area contributed by atoms with Gasteiger partial charge in [-0.05, 0) is 0 Å². The number of rotatable bonds is 0. The van der Waals surface area contributed by atoms with E-state index in [1.807, 2.05) is 0 Å². The van der Waals surface area contributed by atoms with Crippen LogP contribution in [0, 0.1) is 0 Å². The fraction of sp³-hybridized carbons (Fsp3) is 0. The van der Waals surface area contributed by atoms with Crippen molar-refractivity contribution in [2.45, 2.75) is 0 Å². The van der Waals surface area contributed by atoms with E-state index in [0.717, 1.165) is 0 Å². The molecular weight excluding hydrogens is 133 g/mol. The Morgan fingerprint density at radius 2 is 2.33 bits per heavy atom. The molecule has 0 aliphatic heterocycles. The van der Waals surface area contributed by atoms with E-state index in [1.165, 1.54) is 6.33 Å². The van der Waals surface area contributed by atoms with Crippen LogP contribution < -0.4 is 0 Å². The Morgan fingerprint density at radius 3 is 2.50 bits per heavy atom. The summed E-state index contributed by atoms with van der Waals surface area (Å²) in [5.41, 5.74) is 0. The molecule has 0 aromatic carbocycles. The topological polar surface area (TPSA) is 54.5 Å². The standard InChI is InChI=1S/CH2N4.Zn/c1-2-4-5-3-1;/h1H,(H,2,3,4,5);. The van der Waals surface area contributed by atoms with Gasteiger partial charge in [-0.3, -0.25) is 0 Å². The Hall–Kier alpha value is -0.307. The van der Waals surface area contributed by atoms with Crippen molar-refractivity contribution in [2.75, 3.05) is 0 Å². The number of hydrogen-bond donors (Lipinski definition) is 1. The molecule has 0 radical (unpaired) electrons. The largest absolute Gasteiger partial charge is 0.177 e. The quantitative estimate of drug-likeness (QED) is 0.474. The number of nitrogens with one attached hydrogen (secondary N) is 1. The number of H-pyrrole nitrogens is 1. The fourth-order valence-corrected chi connectivity index (χ4v) is 0.129. The van der Waals surface area contributed by atoms with E-state index in [-0.39, 0.29) is 19.5 Å². The average molecular weight is 135 g/mol. The molecule has 1 rings (SSSR count). The molecule has 6 heavy (non-hydrogen) atoms. The van der Waals surface area contributed by atoms with Crippen LogP contribution in [0.1, 0.15) is 0 Å². The van der Waals surface area contributed by atoms with Gasteiger partial charge in [0.15, 0.2) is 6.33 Å². The van der Waals surface area contributed by atoms with E-state index in [1.54, 1.807) is 0 Å². The molecule has 1 aromatic heterocycles. The molecule has 28 valence electrons. The van der Waals surface area contributed by atoms with Gasteiger partial charge in [-0.15, -0.1) is 10.2 Å². The van der Waals surface area contributed by atoms with Crippen LogP contribution in [-0.4, -0.2) is 20.6 Å². The van der Waals surface area contributed by atoms with Gasteiger partial charge in [0.25, 0.3) is 0 Å². The molecule has 1 aromatic rings. The predicted octanol–water partition coefficient (Wildman–Crippen LogP) is -0.803. The Kier molecular flexibility index (Phi) is 2.76. The van der Waals surface area contributed by atoms with Crippen LogP contribution in [0.2, 0.25) is 0 Å². The third-order valence-corrected chi connectivity index (χ3v) is 0.270. The molecule has 1 N–H and O–H groups in total. The molecule has 0 fully saturated rings. The summed E-state index contributed by atoms with van der Waals surface area (Å²) in [5.74, 6) is 0. The Labute approximate surface area is 47.1 Å². The van der Waals surface area contributed by atoms with Crippen molar-refractivity contribution in [3.8, 4) is 0 Å². The van der Waals surface area contributed by atoms with E-state index in [4.69, 9.17) is 0 Å². The minimum atomic E-state index is 0. The van der Waals surface area contributed by atoms with Gasteiger partial charge in [0.1, 0.15) is 0 Å². The number of aromatic nitrogens is 4. The van der Waals surface area contributed by atoms with Gasteiger partial charge in [0.2, 0.25) is 0 Å². The van der Waals surface area contributed by atoms with E-state index in [2.05, 4.69) is 20.6 Å². The molecule has 0 saturated heterocycles. The molecule has 0 atom stereocenters. The van der Waals surface area contributed by atoms with Crippen LogP contribution in [0.15, 0.2) is 6.33 Å². The summed E-state index contributed by atoms with van der Waals surface area (Å²) in [7, 11) is 0. The summed E-state index contributed by atoms with van der Waals surface area (Å²) in [5, 5.41) is 12.2. The van der Waals surface area contributed by atoms with Crippen molar-refractivity contribution in [1.82, 2.24) is 20.6 Å². The van der Waals surface area contributed by atoms with Crippen LogP contribution >= 0.6 is 0 Å². The van der Waals surface area contributed by atoms with Gasteiger partial charge in [0, 0.05) is 19.5 Å². The first-order valence-electron chi connectivity index (χ1n) is 1.16. The van der Waals surface area contributed by atoms with Gasteiger partial charge in [-0.25, -0.2) is 0 Å². The van der Waals surface area contributed by atoms with Gasteiger partial charge in [-0.2, -0.15) is 5.21 Å². The zero-order chi connectivity index (χ0) is 3.54. The number of nitrogens with zero attached hydrogens (tertiary/aromatic N) is 3. The van der Waals surface area contributed by atoms with E-state index < -0.39 is 0 Å². The molecule has 0 amide bonds. The van der Waals surface area contributed by atoms with Gasteiger partial charge in [0.05, 0.1) is 0 Å². The summed E-state index contributed by atoms with van der Waals surface area (Å²) >= 11 is 0. The van der Waals surface area contributed by atoms with E-state index >= 15 is 0 Å². The van der Waals surface area contributed by atoms with Crippen molar-refractivity contribution in [2.24, 2.45) is 0 Å². The van der Waals surface area contributed by atoms with Gasteiger partial charge in [-0.1, -0.05) is 5.21 Å². The first kappa shape index (κ1) is 5.69. The van der Waals surface area contributed by atoms with Crippen molar-refractivity contribution in [3.63, 3.8) is 0 Å². The molecule has 1 heterocycles. The maximum Gasteiger partial charge on any atom is 0.161 e. The molecule has 5 heteroatoms. The summed E-state index contributed by atoms with van der Waals surface area (Å²) in [6, 6.07) is 0.